The molecule has 1 amide bonds. The summed E-state index contributed by atoms with van der Waals surface area (Å²) in [5.74, 6) is -6.04. The summed E-state index contributed by atoms with van der Waals surface area (Å²) in [6.07, 6.45) is 0. The molecular weight excluding hydrogens is 316 g/mol. The Bertz CT molecular complexity index is 717. The van der Waals surface area contributed by atoms with E-state index < -0.39 is 24.3 Å². The quantitative estimate of drug-likeness (QED) is 0.827. The second-order valence-corrected chi connectivity index (χ2v) is 5.22. The SMILES string of the molecule is Cc1ccccc1C(F)(F)C(=O)NCC(=O)OCc1ccccc1. The van der Waals surface area contributed by atoms with Crippen LogP contribution in [-0.4, -0.2) is 18.4 Å². The molecule has 2 rings (SSSR count). The zero-order valence-corrected chi connectivity index (χ0v) is 13.1. The van der Waals surface area contributed by atoms with Crippen LogP contribution in [-0.2, 0) is 26.9 Å². The third-order valence-electron chi connectivity index (χ3n) is 3.40. The van der Waals surface area contributed by atoms with Crippen molar-refractivity contribution in [1.29, 1.82) is 0 Å². The Balaban J connectivity index is 1.88. The maximum Gasteiger partial charge on any atom is 0.350 e. The van der Waals surface area contributed by atoms with Crippen molar-refractivity contribution in [1.82, 2.24) is 5.32 Å². The Kier molecular flexibility index (Phi) is 5.63. The van der Waals surface area contributed by atoms with E-state index >= 15 is 0 Å². The number of hydrogen-bond acceptors (Lipinski definition) is 3. The lowest BCUT2D eigenvalue weighted by Crippen LogP contribution is -2.41. The maximum atomic E-state index is 14.1. The van der Waals surface area contributed by atoms with Crippen LogP contribution < -0.4 is 5.32 Å². The van der Waals surface area contributed by atoms with E-state index in [1.54, 1.807) is 30.3 Å². The molecule has 24 heavy (non-hydrogen) atoms. The van der Waals surface area contributed by atoms with Crippen LogP contribution in [0.2, 0.25) is 0 Å². The van der Waals surface area contributed by atoms with Crippen LogP contribution in [0.25, 0.3) is 0 Å². The first-order valence-electron chi connectivity index (χ1n) is 7.33. The van der Waals surface area contributed by atoms with E-state index in [1.807, 2.05) is 11.4 Å². The van der Waals surface area contributed by atoms with Crippen LogP contribution in [0.15, 0.2) is 54.6 Å². The fraction of sp³-hybridized carbons (Fsp3) is 0.222. The summed E-state index contributed by atoms with van der Waals surface area (Å²) in [7, 11) is 0. The molecule has 2 aromatic rings. The summed E-state index contributed by atoms with van der Waals surface area (Å²) in [4.78, 5) is 23.3. The number of hydrogen-bond donors (Lipinski definition) is 1. The van der Waals surface area contributed by atoms with Gasteiger partial charge in [0.1, 0.15) is 13.2 Å². The number of alkyl halides is 2. The van der Waals surface area contributed by atoms with Gasteiger partial charge in [-0.15, -0.1) is 0 Å². The number of amides is 1. The van der Waals surface area contributed by atoms with Crippen molar-refractivity contribution >= 4 is 11.9 Å². The van der Waals surface area contributed by atoms with Crippen molar-refractivity contribution in [3.63, 3.8) is 0 Å². The summed E-state index contributed by atoms with van der Waals surface area (Å²) in [6, 6.07) is 14.6. The minimum absolute atomic E-state index is 0.0176. The van der Waals surface area contributed by atoms with Gasteiger partial charge in [0.15, 0.2) is 0 Å². The second kappa shape index (κ2) is 7.68. The Hall–Kier alpha value is -2.76. The molecule has 1 N–H and O–H groups in total. The summed E-state index contributed by atoms with van der Waals surface area (Å²) >= 11 is 0. The number of carbonyl (C=O) groups excluding carboxylic acids is 2. The van der Waals surface area contributed by atoms with Gasteiger partial charge in [0.05, 0.1) is 0 Å². The highest BCUT2D eigenvalue weighted by Gasteiger charge is 2.41. The van der Waals surface area contributed by atoms with Gasteiger partial charge in [-0.2, -0.15) is 8.78 Å². The Morgan fingerprint density at radius 1 is 1.04 bits per heavy atom. The number of ether oxygens (including phenoxy) is 1. The number of halogens is 2. The third-order valence-corrected chi connectivity index (χ3v) is 3.40. The van der Waals surface area contributed by atoms with E-state index in [2.05, 4.69) is 0 Å². The molecule has 0 saturated heterocycles. The smallest absolute Gasteiger partial charge is 0.350 e. The molecule has 0 aromatic heterocycles. The van der Waals surface area contributed by atoms with E-state index in [9.17, 15) is 18.4 Å². The molecule has 0 radical (unpaired) electrons. The molecule has 0 atom stereocenters. The van der Waals surface area contributed by atoms with Gasteiger partial charge in [-0.1, -0.05) is 54.6 Å². The zero-order chi connectivity index (χ0) is 17.6. The third kappa shape index (κ3) is 4.38. The highest BCUT2D eigenvalue weighted by Crippen LogP contribution is 2.30. The van der Waals surface area contributed by atoms with Gasteiger partial charge in [0, 0.05) is 5.56 Å². The first kappa shape index (κ1) is 17.6. The van der Waals surface area contributed by atoms with Gasteiger partial charge in [-0.05, 0) is 18.1 Å². The normalized spacial score (nSPS) is 11.0. The molecular formula is C18H17F2NO3. The van der Waals surface area contributed by atoms with Gasteiger partial charge < -0.3 is 10.1 Å². The standard InChI is InChI=1S/C18H17F2NO3/c1-13-7-5-6-10-15(13)18(19,20)17(23)21-11-16(22)24-12-14-8-3-2-4-9-14/h2-10H,11-12H2,1H3,(H,21,23). The van der Waals surface area contributed by atoms with Gasteiger partial charge in [-0.3, -0.25) is 9.59 Å². The minimum atomic E-state index is -3.72. The lowest BCUT2D eigenvalue weighted by Gasteiger charge is -2.18. The molecule has 0 aliphatic rings. The summed E-state index contributed by atoms with van der Waals surface area (Å²) in [6.45, 7) is 0.890. The minimum Gasteiger partial charge on any atom is -0.460 e. The highest BCUT2D eigenvalue weighted by molar-refractivity contribution is 5.88. The predicted octanol–water partition coefficient (Wildman–Crippen LogP) is 2.95. The van der Waals surface area contributed by atoms with Gasteiger partial charge in [0.25, 0.3) is 5.91 Å². The monoisotopic (exact) mass is 333 g/mol. The van der Waals surface area contributed by atoms with E-state index in [0.29, 0.717) is 5.56 Å². The maximum absolute atomic E-state index is 14.1. The summed E-state index contributed by atoms with van der Waals surface area (Å²) < 4.78 is 33.2. The molecule has 0 aliphatic carbocycles. The van der Waals surface area contributed by atoms with Gasteiger partial charge in [0.2, 0.25) is 0 Å². The summed E-state index contributed by atoms with van der Waals surface area (Å²) in [5, 5.41) is 1.92. The number of nitrogens with one attached hydrogen (secondary N) is 1. The number of esters is 1. The van der Waals surface area contributed by atoms with Crippen LogP contribution in [0.5, 0.6) is 0 Å². The van der Waals surface area contributed by atoms with Crippen LogP contribution in [0.3, 0.4) is 0 Å². The molecule has 6 heteroatoms. The Morgan fingerprint density at radius 3 is 2.33 bits per heavy atom. The van der Waals surface area contributed by atoms with Crippen LogP contribution >= 0.6 is 0 Å². The average molecular weight is 333 g/mol. The van der Waals surface area contributed by atoms with Crippen molar-refractivity contribution in [2.45, 2.75) is 19.5 Å². The van der Waals surface area contributed by atoms with E-state index in [4.69, 9.17) is 4.74 Å². The van der Waals surface area contributed by atoms with Crippen molar-refractivity contribution < 1.29 is 23.1 Å². The van der Waals surface area contributed by atoms with Crippen molar-refractivity contribution in [3.8, 4) is 0 Å². The van der Waals surface area contributed by atoms with Crippen LogP contribution in [0.4, 0.5) is 8.78 Å². The molecule has 0 bridgehead atoms. The lowest BCUT2D eigenvalue weighted by atomic mass is 10.0. The first-order chi connectivity index (χ1) is 11.4. The van der Waals surface area contributed by atoms with Crippen molar-refractivity contribution in [2.24, 2.45) is 0 Å². The van der Waals surface area contributed by atoms with Crippen molar-refractivity contribution in [3.05, 3.63) is 71.3 Å². The van der Waals surface area contributed by atoms with E-state index in [0.717, 1.165) is 5.56 Å². The zero-order valence-electron chi connectivity index (χ0n) is 13.1. The Labute approximate surface area is 138 Å². The summed E-state index contributed by atoms with van der Waals surface area (Å²) in [5.41, 5.74) is 0.673. The molecule has 126 valence electrons. The molecule has 0 fully saturated rings. The largest absolute Gasteiger partial charge is 0.460 e. The molecule has 0 aliphatic heterocycles. The highest BCUT2D eigenvalue weighted by atomic mass is 19.3. The molecule has 0 heterocycles. The predicted molar refractivity (Wildman–Crippen MR) is 84.3 cm³/mol. The lowest BCUT2D eigenvalue weighted by molar-refractivity contribution is -0.152. The molecule has 0 unspecified atom stereocenters. The Morgan fingerprint density at radius 2 is 1.67 bits per heavy atom. The second-order valence-electron chi connectivity index (χ2n) is 5.22. The van der Waals surface area contributed by atoms with Crippen molar-refractivity contribution in [2.75, 3.05) is 6.54 Å². The molecule has 0 saturated carbocycles. The average Bonchev–Trinajstić information content (AvgIpc) is 2.59. The number of rotatable bonds is 6. The number of carbonyl (C=O) groups is 2. The molecule has 4 nitrogen and oxygen atoms in total. The number of benzene rings is 2. The first-order valence-corrected chi connectivity index (χ1v) is 7.33. The van der Waals surface area contributed by atoms with Crippen LogP contribution in [0.1, 0.15) is 16.7 Å². The van der Waals surface area contributed by atoms with Crippen LogP contribution in [0, 0.1) is 6.92 Å². The molecule has 2 aromatic carbocycles. The van der Waals surface area contributed by atoms with Gasteiger partial charge >= 0.3 is 11.9 Å². The topological polar surface area (TPSA) is 55.4 Å². The number of aryl methyl sites for hydroxylation is 1. The fourth-order valence-corrected chi connectivity index (χ4v) is 2.10. The van der Waals surface area contributed by atoms with Gasteiger partial charge in [-0.25, -0.2) is 0 Å². The fourth-order valence-electron chi connectivity index (χ4n) is 2.10. The van der Waals surface area contributed by atoms with E-state index in [1.165, 1.54) is 25.1 Å². The van der Waals surface area contributed by atoms with E-state index in [-0.39, 0.29) is 12.2 Å². The molecule has 0 spiro atoms.